The van der Waals surface area contributed by atoms with Crippen LogP contribution in [0.2, 0.25) is 0 Å². The molecule has 1 atom stereocenters. The number of ether oxygens (including phenoxy) is 1. The highest BCUT2D eigenvalue weighted by Gasteiger charge is 2.20. The first-order chi connectivity index (χ1) is 13.9. The molecule has 1 amide bonds. The van der Waals surface area contributed by atoms with Crippen molar-refractivity contribution in [2.45, 2.75) is 24.8 Å². The van der Waals surface area contributed by atoms with E-state index in [1.807, 2.05) is 18.2 Å². The molecule has 29 heavy (non-hydrogen) atoms. The molecule has 0 spiro atoms. The van der Waals surface area contributed by atoms with Crippen molar-refractivity contribution in [3.63, 3.8) is 0 Å². The van der Waals surface area contributed by atoms with E-state index >= 15 is 0 Å². The Labute approximate surface area is 179 Å². The van der Waals surface area contributed by atoms with E-state index in [1.54, 1.807) is 18.2 Å². The summed E-state index contributed by atoms with van der Waals surface area (Å²) in [6.45, 7) is 0.0575. The number of nitrogens with one attached hydrogen (secondary N) is 1. The molecule has 0 heterocycles. The maximum atomic E-state index is 11.9. The molecule has 0 bridgehead atoms. The highest BCUT2D eigenvalue weighted by Crippen LogP contribution is 2.26. The Hall–Kier alpha value is -2.59. The van der Waals surface area contributed by atoms with Crippen molar-refractivity contribution < 1.29 is 24.4 Å². The first-order valence-electron chi connectivity index (χ1n) is 8.57. The second-order valence-corrected chi connectivity index (χ2v) is 7.93. The molecule has 2 aromatic rings. The third kappa shape index (κ3) is 7.74. The highest BCUT2D eigenvalue weighted by molar-refractivity contribution is 9.10. The van der Waals surface area contributed by atoms with Gasteiger partial charge in [-0.3, -0.25) is 10.1 Å². The van der Waals surface area contributed by atoms with Crippen LogP contribution in [0.1, 0.15) is 17.5 Å². The van der Waals surface area contributed by atoms with Gasteiger partial charge >= 0.3 is 12.1 Å². The fourth-order valence-corrected chi connectivity index (χ4v) is 4.03. The van der Waals surface area contributed by atoms with E-state index in [4.69, 9.17) is 4.74 Å². The highest BCUT2D eigenvalue weighted by atomic mass is 79.9. The fourth-order valence-electron chi connectivity index (χ4n) is 2.31. The Morgan fingerprint density at radius 3 is 2.59 bits per heavy atom. The molecule has 2 N–H and O–H groups in total. The quantitative estimate of drug-likeness (QED) is 0.293. The van der Waals surface area contributed by atoms with Gasteiger partial charge in [-0.25, -0.2) is 9.59 Å². The number of benzene rings is 2. The Kier molecular flexibility index (Phi) is 8.94. The van der Waals surface area contributed by atoms with Gasteiger partial charge in [-0.15, -0.1) is 0 Å². The Bertz CT molecular complexity index is 865. The third-order valence-corrected chi connectivity index (χ3v) is 5.64. The SMILES string of the molecule is O=C(NC(CCSCc1ccc([N+](=O)[O-])cc1Br)C(=O)O)OCc1ccccc1. The predicted molar refractivity (Wildman–Crippen MR) is 113 cm³/mol. The Morgan fingerprint density at radius 1 is 1.24 bits per heavy atom. The largest absolute Gasteiger partial charge is 0.480 e. The minimum absolute atomic E-state index is 0.00483. The van der Waals surface area contributed by atoms with E-state index in [-0.39, 0.29) is 18.7 Å². The van der Waals surface area contributed by atoms with Crippen molar-refractivity contribution in [1.29, 1.82) is 0 Å². The average Bonchev–Trinajstić information content (AvgIpc) is 2.70. The van der Waals surface area contributed by atoms with Crippen LogP contribution in [0.15, 0.2) is 53.0 Å². The molecule has 0 aliphatic carbocycles. The molecule has 0 radical (unpaired) electrons. The van der Waals surface area contributed by atoms with Gasteiger partial charge in [0.1, 0.15) is 12.6 Å². The average molecular weight is 483 g/mol. The number of carbonyl (C=O) groups excluding carboxylic acids is 1. The van der Waals surface area contributed by atoms with Gasteiger partial charge in [-0.05, 0) is 23.3 Å². The van der Waals surface area contributed by atoms with E-state index in [0.29, 0.717) is 16.0 Å². The number of halogens is 1. The van der Waals surface area contributed by atoms with Gasteiger partial charge in [0.25, 0.3) is 5.69 Å². The van der Waals surface area contributed by atoms with Crippen molar-refractivity contribution in [3.05, 3.63) is 74.2 Å². The molecule has 154 valence electrons. The number of carbonyl (C=O) groups is 2. The number of aliphatic carboxylic acids is 1. The molecular formula is C19H19BrN2O6S. The van der Waals surface area contributed by atoms with Crippen LogP contribution in [0.4, 0.5) is 10.5 Å². The van der Waals surface area contributed by atoms with Gasteiger partial charge in [0.05, 0.1) is 4.92 Å². The number of thioether (sulfide) groups is 1. The summed E-state index contributed by atoms with van der Waals surface area (Å²) in [6, 6.07) is 12.5. The molecule has 10 heteroatoms. The van der Waals surface area contributed by atoms with Crippen molar-refractivity contribution in [3.8, 4) is 0 Å². The van der Waals surface area contributed by atoms with E-state index < -0.39 is 23.0 Å². The first kappa shape index (κ1) is 22.7. The molecule has 2 aromatic carbocycles. The van der Waals surface area contributed by atoms with Gasteiger partial charge in [0.2, 0.25) is 0 Å². The van der Waals surface area contributed by atoms with E-state index in [9.17, 15) is 24.8 Å². The van der Waals surface area contributed by atoms with Crippen LogP contribution in [0.5, 0.6) is 0 Å². The zero-order valence-electron chi connectivity index (χ0n) is 15.2. The number of rotatable bonds is 10. The fraction of sp³-hybridized carbons (Fsp3) is 0.263. The second kappa shape index (κ2) is 11.4. The van der Waals surface area contributed by atoms with Crippen molar-refractivity contribution in [2.24, 2.45) is 0 Å². The number of carboxylic acid groups (broad SMARTS) is 1. The summed E-state index contributed by atoms with van der Waals surface area (Å²) in [5.41, 5.74) is 1.66. The number of nitrogens with zero attached hydrogens (tertiary/aromatic N) is 1. The molecule has 1 unspecified atom stereocenters. The van der Waals surface area contributed by atoms with Gasteiger partial charge in [-0.1, -0.05) is 52.3 Å². The lowest BCUT2D eigenvalue weighted by atomic mass is 10.2. The number of nitro groups is 1. The zero-order chi connectivity index (χ0) is 21.2. The minimum atomic E-state index is -1.14. The maximum Gasteiger partial charge on any atom is 0.408 e. The summed E-state index contributed by atoms with van der Waals surface area (Å²) < 4.78 is 5.67. The number of nitro benzene ring substituents is 1. The van der Waals surface area contributed by atoms with Gasteiger partial charge in [-0.2, -0.15) is 11.8 Å². The summed E-state index contributed by atoms with van der Waals surface area (Å²) in [6.07, 6.45) is -0.574. The lowest BCUT2D eigenvalue weighted by Gasteiger charge is -2.14. The molecule has 0 aliphatic rings. The van der Waals surface area contributed by atoms with Crippen molar-refractivity contribution in [1.82, 2.24) is 5.32 Å². The maximum absolute atomic E-state index is 11.9. The van der Waals surface area contributed by atoms with Gasteiger partial charge in [0.15, 0.2) is 0 Å². The normalized spacial score (nSPS) is 11.5. The first-order valence-corrected chi connectivity index (χ1v) is 10.5. The molecule has 0 aliphatic heterocycles. The van der Waals surface area contributed by atoms with Crippen LogP contribution in [-0.4, -0.2) is 33.9 Å². The summed E-state index contributed by atoms with van der Waals surface area (Å²) >= 11 is 4.77. The molecule has 0 aromatic heterocycles. The Morgan fingerprint density at radius 2 is 1.97 bits per heavy atom. The standard InChI is InChI=1S/C19H19BrN2O6S/c20-16-10-15(22(26)27)7-6-14(16)12-29-9-8-17(18(23)24)21-19(25)28-11-13-4-2-1-3-5-13/h1-7,10,17H,8-9,11-12H2,(H,21,25)(H,23,24). The van der Waals surface area contributed by atoms with Crippen LogP contribution >= 0.6 is 27.7 Å². The van der Waals surface area contributed by atoms with Crippen LogP contribution in [0, 0.1) is 10.1 Å². The molecule has 0 saturated heterocycles. The van der Waals surface area contributed by atoms with E-state index in [0.717, 1.165) is 11.1 Å². The second-order valence-electron chi connectivity index (χ2n) is 5.97. The summed E-state index contributed by atoms with van der Waals surface area (Å²) in [4.78, 5) is 33.5. The van der Waals surface area contributed by atoms with Gasteiger partial charge < -0.3 is 15.2 Å². The zero-order valence-corrected chi connectivity index (χ0v) is 17.6. The number of hydrogen-bond donors (Lipinski definition) is 2. The monoisotopic (exact) mass is 482 g/mol. The smallest absolute Gasteiger partial charge is 0.408 e. The molecule has 0 fully saturated rings. The summed E-state index contributed by atoms with van der Waals surface area (Å²) in [5, 5.41) is 22.4. The van der Waals surface area contributed by atoms with Crippen molar-refractivity contribution >= 4 is 45.4 Å². The number of hydrogen-bond acceptors (Lipinski definition) is 6. The number of carboxylic acids is 1. The van der Waals surface area contributed by atoms with Crippen molar-refractivity contribution in [2.75, 3.05) is 5.75 Å². The molecule has 8 nitrogen and oxygen atoms in total. The molecular weight excluding hydrogens is 464 g/mol. The van der Waals surface area contributed by atoms with Gasteiger partial charge in [0, 0.05) is 22.4 Å². The van der Waals surface area contributed by atoms with E-state index in [2.05, 4.69) is 21.2 Å². The van der Waals surface area contributed by atoms with Crippen LogP contribution < -0.4 is 5.32 Å². The predicted octanol–water partition coefficient (Wildman–Crippen LogP) is 4.36. The third-order valence-electron chi connectivity index (χ3n) is 3.86. The Balaban J connectivity index is 1.77. The summed E-state index contributed by atoms with van der Waals surface area (Å²) in [5.74, 6) is -0.123. The minimum Gasteiger partial charge on any atom is -0.480 e. The summed E-state index contributed by atoms with van der Waals surface area (Å²) in [7, 11) is 0. The molecule has 0 saturated carbocycles. The lowest BCUT2D eigenvalue weighted by Crippen LogP contribution is -2.41. The topological polar surface area (TPSA) is 119 Å². The van der Waals surface area contributed by atoms with Crippen LogP contribution in [0.25, 0.3) is 0 Å². The number of alkyl carbamates (subject to hydrolysis) is 1. The van der Waals surface area contributed by atoms with Crippen LogP contribution in [-0.2, 0) is 21.9 Å². The molecule has 2 rings (SSSR count). The van der Waals surface area contributed by atoms with Crippen LogP contribution in [0.3, 0.4) is 0 Å². The van der Waals surface area contributed by atoms with E-state index in [1.165, 1.54) is 23.9 Å². The number of non-ortho nitro benzene ring substituents is 1. The number of amides is 1. The lowest BCUT2D eigenvalue weighted by molar-refractivity contribution is -0.384.